The second-order valence-corrected chi connectivity index (χ2v) is 9.54. The van der Waals surface area contributed by atoms with Crippen molar-refractivity contribution in [3.05, 3.63) is 105 Å². The predicted molar refractivity (Wildman–Crippen MR) is 148 cm³/mol. The van der Waals surface area contributed by atoms with Gasteiger partial charge in [0.2, 0.25) is 5.91 Å². The van der Waals surface area contributed by atoms with Crippen LogP contribution in [0.1, 0.15) is 54.4 Å². The number of thiol groups is 1. The monoisotopic (exact) mass is 484 g/mol. The summed E-state index contributed by atoms with van der Waals surface area (Å²) in [5.41, 5.74) is 14.3. The van der Waals surface area contributed by atoms with E-state index in [-0.39, 0.29) is 0 Å². The zero-order valence-corrected chi connectivity index (χ0v) is 21.2. The third kappa shape index (κ3) is 5.77. The lowest BCUT2D eigenvalue weighted by molar-refractivity contribution is -0.114. The Morgan fingerprint density at radius 3 is 2.74 bits per heavy atom. The van der Waals surface area contributed by atoms with E-state index in [0.29, 0.717) is 12.0 Å². The van der Waals surface area contributed by atoms with Crippen molar-refractivity contribution in [2.75, 3.05) is 0 Å². The number of benzene rings is 1. The molecule has 4 rings (SSSR count). The third-order valence-electron chi connectivity index (χ3n) is 6.52. The van der Waals surface area contributed by atoms with E-state index in [1.54, 1.807) is 17.0 Å². The highest BCUT2D eigenvalue weighted by Gasteiger charge is 2.18. The average molecular weight is 485 g/mol. The van der Waals surface area contributed by atoms with Gasteiger partial charge >= 0.3 is 0 Å². The molecule has 1 aromatic carbocycles. The fourth-order valence-corrected chi connectivity index (χ4v) is 4.81. The molecule has 180 valence electrons. The van der Waals surface area contributed by atoms with Gasteiger partial charge in [0.15, 0.2) is 0 Å². The summed E-state index contributed by atoms with van der Waals surface area (Å²) in [4.78, 5) is 13.4. The Hall–Kier alpha value is -3.51. The molecular weight excluding hydrogens is 452 g/mol. The largest absolute Gasteiger partial charge is 0.366 e. The lowest BCUT2D eigenvalue weighted by atomic mass is 9.94. The summed E-state index contributed by atoms with van der Waals surface area (Å²) in [6.07, 6.45) is 18.9. The predicted octanol–water partition coefficient (Wildman–Crippen LogP) is 5.84. The van der Waals surface area contributed by atoms with Crippen LogP contribution in [0.25, 0.3) is 17.3 Å². The topological polar surface area (TPSA) is 72.9 Å². The van der Waals surface area contributed by atoms with Gasteiger partial charge in [-0.1, -0.05) is 49.1 Å². The second-order valence-electron chi connectivity index (χ2n) is 9.00. The number of rotatable bonds is 7. The van der Waals surface area contributed by atoms with Crippen LogP contribution >= 0.6 is 12.6 Å². The lowest BCUT2D eigenvalue weighted by Gasteiger charge is -2.14. The molecule has 0 atom stereocenters. The Kier molecular flexibility index (Phi) is 7.61. The van der Waals surface area contributed by atoms with Crippen LogP contribution in [0.2, 0.25) is 0 Å². The third-order valence-corrected chi connectivity index (χ3v) is 7.03. The van der Waals surface area contributed by atoms with Crippen molar-refractivity contribution in [2.24, 2.45) is 12.8 Å². The van der Waals surface area contributed by atoms with Crippen LogP contribution in [-0.2, 0) is 11.8 Å². The summed E-state index contributed by atoms with van der Waals surface area (Å²) in [5, 5.41) is 7.53. The van der Waals surface area contributed by atoms with Crippen molar-refractivity contribution in [1.29, 1.82) is 0 Å². The molecule has 1 aliphatic carbocycles. The van der Waals surface area contributed by atoms with Gasteiger partial charge in [0, 0.05) is 36.6 Å². The first kappa shape index (κ1) is 24.6. The summed E-state index contributed by atoms with van der Waals surface area (Å²) < 4.78 is 1.74. The number of aryl methyl sites for hydroxylation is 1. The van der Waals surface area contributed by atoms with Gasteiger partial charge in [-0.05, 0) is 71.4 Å². The molecule has 0 fully saturated rings. The Labute approximate surface area is 212 Å². The number of primary amides is 1. The van der Waals surface area contributed by atoms with Crippen LogP contribution in [0.3, 0.4) is 0 Å². The van der Waals surface area contributed by atoms with Gasteiger partial charge < -0.3 is 11.1 Å². The molecule has 2 aromatic rings. The number of allylic oxidation sites excluding steroid dienone is 6. The smallest absolute Gasteiger partial charge is 0.250 e. The van der Waals surface area contributed by atoms with E-state index in [2.05, 4.69) is 60.8 Å². The van der Waals surface area contributed by atoms with Crippen molar-refractivity contribution in [1.82, 2.24) is 15.1 Å². The number of hydrogen-bond donors (Lipinski definition) is 3. The van der Waals surface area contributed by atoms with Crippen LogP contribution in [0.15, 0.2) is 83.2 Å². The summed E-state index contributed by atoms with van der Waals surface area (Å²) >= 11 is 4.66. The van der Waals surface area contributed by atoms with E-state index >= 15 is 0 Å². The maximum atomic E-state index is 12.3. The van der Waals surface area contributed by atoms with Crippen LogP contribution < -0.4 is 11.1 Å². The summed E-state index contributed by atoms with van der Waals surface area (Å²) in [6, 6.07) is 6.20. The molecule has 2 heterocycles. The summed E-state index contributed by atoms with van der Waals surface area (Å²) in [6.45, 7) is 6.36. The number of carbonyl (C=O) groups excluding carboxylic acids is 1. The maximum Gasteiger partial charge on any atom is 0.250 e. The SMILES string of the molecule is C=C(/C=C\C(C(N)=O)=C1/CC=C(c2cnn(C)c2)N1)c1cccc(/C=C/C2=C(S)CCCC2)c1C. The molecule has 0 unspecified atom stereocenters. The number of aromatic nitrogens is 2. The van der Waals surface area contributed by atoms with Crippen molar-refractivity contribution >= 4 is 35.9 Å². The Morgan fingerprint density at radius 1 is 1.23 bits per heavy atom. The fraction of sp³-hybridized carbons (Fsp3) is 0.241. The van der Waals surface area contributed by atoms with E-state index in [0.717, 1.165) is 52.1 Å². The highest BCUT2D eigenvalue weighted by atomic mass is 32.1. The van der Waals surface area contributed by atoms with E-state index in [1.165, 1.54) is 23.3 Å². The van der Waals surface area contributed by atoms with E-state index < -0.39 is 5.91 Å². The first-order chi connectivity index (χ1) is 16.8. The molecule has 2 aliphatic rings. The number of nitrogens with zero attached hydrogens (tertiary/aromatic N) is 2. The minimum atomic E-state index is -0.478. The van der Waals surface area contributed by atoms with Crippen molar-refractivity contribution in [2.45, 2.75) is 39.0 Å². The highest BCUT2D eigenvalue weighted by Crippen LogP contribution is 2.30. The van der Waals surface area contributed by atoms with E-state index in [9.17, 15) is 4.79 Å². The van der Waals surface area contributed by atoms with Crippen molar-refractivity contribution in [3.63, 3.8) is 0 Å². The molecular formula is C29H32N4OS. The first-order valence-electron chi connectivity index (χ1n) is 11.9. The van der Waals surface area contributed by atoms with Gasteiger partial charge in [-0.25, -0.2) is 0 Å². The molecule has 3 N–H and O–H groups in total. The molecule has 6 heteroatoms. The molecule has 0 bridgehead atoms. The summed E-state index contributed by atoms with van der Waals surface area (Å²) in [5.74, 6) is -0.478. The van der Waals surface area contributed by atoms with Gasteiger partial charge in [0.25, 0.3) is 0 Å². The zero-order valence-electron chi connectivity index (χ0n) is 20.3. The molecule has 1 aromatic heterocycles. The Morgan fingerprint density at radius 2 is 2.03 bits per heavy atom. The Bertz CT molecular complexity index is 1320. The van der Waals surface area contributed by atoms with Gasteiger partial charge in [-0.2, -0.15) is 5.10 Å². The van der Waals surface area contributed by atoms with Crippen LogP contribution in [0.4, 0.5) is 0 Å². The standard InChI is InChI=1S/C29H32N4OS/c1-19(24-9-6-8-21(20(24)2)12-13-22-7-4-5-10-28(22)35)11-14-25(29(30)34)27-16-15-26(32-27)23-17-31-33(3)18-23/h6,8-9,11-15,17-18,32,35H,1,4-5,7,10,16H2,2-3H3,(H2,30,34)/b13-12+,14-11-,27-25-. The fourth-order valence-electron chi connectivity index (χ4n) is 4.47. The minimum absolute atomic E-state index is 0.445. The summed E-state index contributed by atoms with van der Waals surface area (Å²) in [7, 11) is 1.87. The number of amides is 1. The molecule has 0 saturated heterocycles. The van der Waals surface area contributed by atoms with Crippen molar-refractivity contribution < 1.29 is 4.79 Å². The quantitative estimate of drug-likeness (QED) is 0.262. The minimum Gasteiger partial charge on any atom is -0.366 e. The highest BCUT2D eigenvalue weighted by molar-refractivity contribution is 7.84. The first-order valence-corrected chi connectivity index (χ1v) is 12.3. The zero-order chi connectivity index (χ0) is 24.9. The van der Waals surface area contributed by atoms with E-state index in [4.69, 9.17) is 5.73 Å². The van der Waals surface area contributed by atoms with Crippen LogP contribution in [0.5, 0.6) is 0 Å². The second kappa shape index (κ2) is 10.8. The van der Waals surface area contributed by atoms with Gasteiger partial charge in [0.05, 0.1) is 11.8 Å². The number of nitrogens with two attached hydrogens (primary N) is 1. The van der Waals surface area contributed by atoms with E-state index in [1.807, 2.05) is 31.5 Å². The molecule has 35 heavy (non-hydrogen) atoms. The molecule has 1 aliphatic heterocycles. The van der Waals surface area contributed by atoms with Crippen LogP contribution in [-0.4, -0.2) is 15.7 Å². The number of nitrogens with one attached hydrogen (secondary N) is 1. The molecule has 0 radical (unpaired) electrons. The van der Waals surface area contributed by atoms with Gasteiger partial charge in [0.1, 0.15) is 0 Å². The molecule has 0 saturated carbocycles. The van der Waals surface area contributed by atoms with Crippen molar-refractivity contribution in [3.8, 4) is 0 Å². The van der Waals surface area contributed by atoms with Crippen LogP contribution in [0, 0.1) is 6.92 Å². The number of hydrogen-bond acceptors (Lipinski definition) is 4. The molecule has 5 nitrogen and oxygen atoms in total. The lowest BCUT2D eigenvalue weighted by Crippen LogP contribution is -2.18. The maximum absolute atomic E-state index is 12.3. The molecule has 1 amide bonds. The van der Waals surface area contributed by atoms with Gasteiger partial charge in [-0.3, -0.25) is 9.48 Å². The number of carbonyl (C=O) groups is 1. The normalized spacial score (nSPS) is 17.7. The molecule has 0 spiro atoms. The van der Waals surface area contributed by atoms with Gasteiger partial charge in [-0.15, -0.1) is 12.6 Å². The Balaban J connectivity index is 1.53. The average Bonchev–Trinajstić information content (AvgIpc) is 3.48.